The van der Waals surface area contributed by atoms with Gasteiger partial charge in [-0.05, 0) is 49.4 Å². The normalized spacial score (nSPS) is 14.3. The van der Waals surface area contributed by atoms with Gasteiger partial charge < -0.3 is 33.8 Å². The van der Waals surface area contributed by atoms with Gasteiger partial charge in [0.1, 0.15) is 19.3 Å². The summed E-state index contributed by atoms with van der Waals surface area (Å²) in [4.78, 5) is 73.1. The fourth-order valence-corrected chi connectivity index (χ4v) is 14.2. The van der Waals surface area contributed by atoms with Crippen molar-refractivity contribution in [1.82, 2.24) is 0 Å². The van der Waals surface area contributed by atoms with E-state index in [0.717, 1.165) is 114 Å². The molecule has 0 bridgehead atoms. The Morgan fingerprint density at radius 2 is 0.475 bits per heavy atom. The summed E-state index contributed by atoms with van der Waals surface area (Å²) >= 11 is 0. The molecule has 6 atom stereocenters. The molecule has 0 heterocycles. The first-order valence-corrected chi connectivity index (χ1v) is 45.2. The molecule has 3 N–H and O–H groups in total. The van der Waals surface area contributed by atoms with E-state index in [1.165, 1.54) is 225 Å². The maximum Gasteiger partial charge on any atom is 0.472 e. The van der Waals surface area contributed by atoms with Gasteiger partial charge in [-0.3, -0.25) is 37.3 Å². The topological polar surface area (TPSA) is 237 Å². The Hall–Kier alpha value is -1.94. The number of unbranched alkanes of at least 4 members (excludes halogenated alkanes) is 44. The largest absolute Gasteiger partial charge is 0.472 e. The lowest BCUT2D eigenvalue weighted by molar-refractivity contribution is -0.161. The second-order valence-electron chi connectivity index (χ2n) is 31.2. The molecule has 0 fully saturated rings. The molecule has 0 aromatic rings. The number of aliphatic hydroxyl groups is 1. The lowest BCUT2D eigenvalue weighted by atomic mass is 9.99. The van der Waals surface area contributed by atoms with Gasteiger partial charge in [0.05, 0.1) is 26.4 Å². The summed E-state index contributed by atoms with van der Waals surface area (Å²) in [6, 6.07) is 0. The van der Waals surface area contributed by atoms with Crippen LogP contribution >= 0.6 is 15.6 Å². The van der Waals surface area contributed by atoms with Gasteiger partial charge in [0.2, 0.25) is 0 Å². The number of esters is 4. The fourth-order valence-electron chi connectivity index (χ4n) is 12.6. The van der Waals surface area contributed by atoms with Crippen molar-refractivity contribution in [2.75, 3.05) is 39.6 Å². The van der Waals surface area contributed by atoms with Gasteiger partial charge in [-0.15, -0.1) is 0 Å². The van der Waals surface area contributed by atoms with E-state index in [2.05, 4.69) is 55.4 Å². The van der Waals surface area contributed by atoms with Gasteiger partial charge in [-0.1, -0.05) is 370 Å². The standard InChI is InChI=1S/C82H160O17P2/c1-9-75(8)61-53-45-37-32-33-39-47-55-63-80(85)93-69-78(99-82(87)65-57-49-41-31-25-19-22-28-36-44-52-60-74(6)7)71-97-101(90,91)95-67-76(83)66-94-100(88,89)96-70-77(68-92-79(84)62-54-46-38-29-24-18-21-27-35-43-51-59-73(4)5)98-81(86)64-56-48-40-30-23-17-15-13-11-10-12-14-16-20-26-34-42-50-58-72(2)3/h72-78,83H,9-71H2,1-8H3,(H,88,89)(H,90,91)/t75?,76-,77-,78-/m1/s1. The van der Waals surface area contributed by atoms with Crippen molar-refractivity contribution in [1.29, 1.82) is 0 Å². The van der Waals surface area contributed by atoms with E-state index < -0.39 is 97.5 Å². The van der Waals surface area contributed by atoms with Crippen LogP contribution in [0.5, 0.6) is 0 Å². The number of hydrogen-bond donors (Lipinski definition) is 3. The van der Waals surface area contributed by atoms with Crippen LogP contribution in [-0.2, 0) is 65.4 Å². The number of hydrogen-bond acceptors (Lipinski definition) is 15. The molecule has 0 aliphatic rings. The number of rotatable bonds is 79. The van der Waals surface area contributed by atoms with Crippen LogP contribution in [-0.4, -0.2) is 96.7 Å². The first kappa shape index (κ1) is 99.1. The molecule has 0 aromatic carbocycles. The zero-order chi connectivity index (χ0) is 74.6. The highest BCUT2D eigenvalue weighted by atomic mass is 31.2. The molecule has 0 aliphatic heterocycles. The molecular weight excluding hydrogens is 1320 g/mol. The van der Waals surface area contributed by atoms with E-state index >= 15 is 0 Å². The van der Waals surface area contributed by atoms with E-state index in [-0.39, 0.29) is 25.7 Å². The van der Waals surface area contributed by atoms with Crippen LogP contribution in [0.1, 0.15) is 421 Å². The summed E-state index contributed by atoms with van der Waals surface area (Å²) in [7, 11) is -9.92. The van der Waals surface area contributed by atoms with Crippen LogP contribution in [0.3, 0.4) is 0 Å². The monoisotopic (exact) mass is 1480 g/mol. The molecule has 0 amide bonds. The van der Waals surface area contributed by atoms with E-state index in [9.17, 15) is 43.2 Å². The van der Waals surface area contributed by atoms with Crippen LogP contribution in [0.25, 0.3) is 0 Å². The maximum atomic E-state index is 13.1. The van der Waals surface area contributed by atoms with E-state index in [4.69, 9.17) is 37.0 Å². The number of aliphatic hydroxyl groups excluding tert-OH is 1. The molecule has 0 aliphatic carbocycles. The van der Waals surface area contributed by atoms with Crippen molar-refractivity contribution in [3.8, 4) is 0 Å². The summed E-state index contributed by atoms with van der Waals surface area (Å²) in [5.41, 5.74) is 0. The predicted octanol–water partition coefficient (Wildman–Crippen LogP) is 24.4. The minimum Gasteiger partial charge on any atom is -0.462 e. The Morgan fingerprint density at radius 1 is 0.277 bits per heavy atom. The van der Waals surface area contributed by atoms with Gasteiger partial charge in [0, 0.05) is 25.7 Å². The van der Waals surface area contributed by atoms with Gasteiger partial charge in [0.15, 0.2) is 12.2 Å². The van der Waals surface area contributed by atoms with Gasteiger partial charge in [-0.2, -0.15) is 0 Å². The predicted molar refractivity (Wildman–Crippen MR) is 414 cm³/mol. The van der Waals surface area contributed by atoms with Crippen LogP contribution < -0.4 is 0 Å². The Bertz CT molecular complexity index is 1970. The Morgan fingerprint density at radius 3 is 0.703 bits per heavy atom. The molecule has 3 unspecified atom stereocenters. The van der Waals surface area contributed by atoms with E-state index in [1.807, 2.05) is 0 Å². The van der Waals surface area contributed by atoms with Gasteiger partial charge in [-0.25, -0.2) is 9.13 Å². The van der Waals surface area contributed by atoms with Crippen molar-refractivity contribution in [2.24, 2.45) is 23.7 Å². The van der Waals surface area contributed by atoms with Crippen molar-refractivity contribution in [3.63, 3.8) is 0 Å². The zero-order valence-corrected chi connectivity index (χ0v) is 68.3. The molecule has 19 heteroatoms. The number of carbonyl (C=O) groups excluding carboxylic acids is 4. The summed E-state index contributed by atoms with van der Waals surface area (Å²) in [6.45, 7) is 14.3. The van der Waals surface area contributed by atoms with Gasteiger partial charge >= 0.3 is 39.5 Å². The van der Waals surface area contributed by atoms with Crippen LogP contribution in [0.15, 0.2) is 0 Å². The first-order chi connectivity index (χ1) is 48.6. The SMILES string of the molecule is CCC(C)CCCCCCCCCCC(=O)OC[C@H](COP(=O)(O)OC[C@H](O)COP(=O)(O)OC[C@@H](COC(=O)CCCCCCCCCCCCCC(C)C)OC(=O)CCCCCCCCCCCCCCCCCCCCC(C)C)OC(=O)CCCCCCCCCCCCCC(C)C. The fraction of sp³-hybridized carbons (Fsp3) is 0.951. The molecule has 101 heavy (non-hydrogen) atoms. The summed E-state index contributed by atoms with van der Waals surface area (Å²) in [5, 5.41) is 10.7. The molecule has 0 saturated carbocycles. The minimum atomic E-state index is -4.96. The van der Waals surface area contributed by atoms with Crippen molar-refractivity contribution in [3.05, 3.63) is 0 Å². The maximum absolute atomic E-state index is 13.1. The molecule has 0 saturated heterocycles. The lowest BCUT2D eigenvalue weighted by Gasteiger charge is -2.21. The van der Waals surface area contributed by atoms with Crippen molar-refractivity contribution in [2.45, 2.75) is 440 Å². The van der Waals surface area contributed by atoms with Crippen LogP contribution in [0, 0.1) is 23.7 Å². The lowest BCUT2D eigenvalue weighted by Crippen LogP contribution is -2.30. The highest BCUT2D eigenvalue weighted by Gasteiger charge is 2.30. The van der Waals surface area contributed by atoms with E-state index in [1.54, 1.807) is 0 Å². The Balaban J connectivity index is 5.25. The highest BCUT2D eigenvalue weighted by Crippen LogP contribution is 2.45. The molecular formula is C82H160O17P2. The molecule has 0 aromatic heterocycles. The van der Waals surface area contributed by atoms with Gasteiger partial charge in [0.25, 0.3) is 0 Å². The first-order valence-electron chi connectivity index (χ1n) is 42.2. The van der Waals surface area contributed by atoms with Crippen LogP contribution in [0.4, 0.5) is 0 Å². The van der Waals surface area contributed by atoms with E-state index in [0.29, 0.717) is 25.7 Å². The zero-order valence-electron chi connectivity index (χ0n) is 66.5. The number of ether oxygens (including phenoxy) is 4. The van der Waals surface area contributed by atoms with Crippen LogP contribution in [0.2, 0.25) is 0 Å². The summed E-state index contributed by atoms with van der Waals surface area (Å²) in [6.07, 6.45) is 58.2. The molecule has 600 valence electrons. The Kier molecular flexibility index (Phi) is 69.6. The second-order valence-corrected chi connectivity index (χ2v) is 34.1. The molecule has 0 radical (unpaired) electrons. The molecule has 0 rings (SSSR count). The minimum absolute atomic E-state index is 0.106. The third-order valence-electron chi connectivity index (χ3n) is 19.4. The Labute approximate surface area is 619 Å². The number of phosphoric acid groups is 2. The molecule has 0 spiro atoms. The average molecular weight is 1480 g/mol. The van der Waals surface area contributed by atoms with Crippen molar-refractivity contribution < 1.29 is 80.2 Å². The number of carbonyl (C=O) groups is 4. The quantitative estimate of drug-likeness (QED) is 0.0222. The summed E-state index contributed by atoms with van der Waals surface area (Å²) < 4.78 is 68.8. The average Bonchev–Trinajstić information content (AvgIpc) is 0.931. The number of phosphoric ester groups is 2. The third-order valence-corrected chi connectivity index (χ3v) is 21.3. The molecule has 17 nitrogen and oxygen atoms in total. The van der Waals surface area contributed by atoms with Crippen molar-refractivity contribution >= 4 is 39.5 Å². The highest BCUT2D eigenvalue weighted by molar-refractivity contribution is 7.47. The summed E-state index contributed by atoms with van der Waals surface area (Å²) in [5.74, 6) is 1.02. The third kappa shape index (κ3) is 74.7. The second kappa shape index (κ2) is 71.0. The smallest absolute Gasteiger partial charge is 0.462 e.